The average Bonchev–Trinajstić information content (AvgIpc) is 2.41. The Morgan fingerprint density at radius 1 is 1.11 bits per heavy atom. The van der Waals surface area contributed by atoms with Gasteiger partial charge in [0.25, 0.3) is 0 Å². The maximum atomic E-state index is 12.2. The van der Waals surface area contributed by atoms with Crippen LogP contribution in [0.1, 0.15) is 15.9 Å². The summed E-state index contributed by atoms with van der Waals surface area (Å²) < 4.78 is 0.745. The van der Waals surface area contributed by atoms with Gasteiger partial charge in [-0.1, -0.05) is 0 Å². The lowest BCUT2D eigenvalue weighted by atomic mass is 10.0. The highest BCUT2D eigenvalue weighted by atomic mass is 79.9. The molecule has 0 spiro atoms. The standard InChI is InChI=1S/C14H12BrNOS/c1-18-11-5-2-9(3-6-11)14(17)10-4-7-13(16)12(15)8-10/h2-8H,16H2,1H3. The number of benzene rings is 2. The molecule has 0 radical (unpaired) electrons. The Balaban J connectivity index is 2.32. The number of rotatable bonds is 3. The third kappa shape index (κ3) is 2.76. The molecular weight excluding hydrogens is 310 g/mol. The molecule has 0 heterocycles. The Morgan fingerprint density at radius 2 is 1.72 bits per heavy atom. The second-order valence-corrected chi connectivity index (χ2v) is 5.53. The molecule has 0 aliphatic carbocycles. The minimum Gasteiger partial charge on any atom is -0.398 e. The monoisotopic (exact) mass is 321 g/mol. The molecule has 0 unspecified atom stereocenters. The fourth-order valence-electron chi connectivity index (χ4n) is 1.58. The summed E-state index contributed by atoms with van der Waals surface area (Å²) in [5.41, 5.74) is 7.65. The number of hydrogen-bond acceptors (Lipinski definition) is 3. The molecule has 2 nitrogen and oxygen atoms in total. The van der Waals surface area contributed by atoms with Gasteiger partial charge in [-0.05, 0) is 64.7 Å². The van der Waals surface area contributed by atoms with Crippen molar-refractivity contribution in [2.45, 2.75) is 4.90 Å². The van der Waals surface area contributed by atoms with E-state index in [-0.39, 0.29) is 5.78 Å². The number of anilines is 1. The molecule has 0 saturated heterocycles. The molecule has 0 aliphatic heterocycles. The van der Waals surface area contributed by atoms with E-state index >= 15 is 0 Å². The molecule has 0 aromatic heterocycles. The van der Waals surface area contributed by atoms with Crippen molar-refractivity contribution in [1.82, 2.24) is 0 Å². The number of carbonyl (C=O) groups is 1. The molecule has 0 fully saturated rings. The number of halogens is 1. The summed E-state index contributed by atoms with van der Waals surface area (Å²) in [6.45, 7) is 0. The zero-order valence-corrected chi connectivity index (χ0v) is 12.2. The summed E-state index contributed by atoms with van der Waals surface area (Å²) >= 11 is 4.98. The van der Waals surface area contributed by atoms with Gasteiger partial charge in [0.2, 0.25) is 0 Å². The van der Waals surface area contributed by atoms with E-state index in [2.05, 4.69) is 15.9 Å². The molecule has 4 heteroatoms. The third-order valence-corrected chi connectivity index (χ3v) is 4.05. The number of carbonyl (C=O) groups excluding carboxylic acids is 1. The van der Waals surface area contributed by atoms with Crippen LogP contribution in [0.25, 0.3) is 0 Å². The Labute approximate surface area is 119 Å². The van der Waals surface area contributed by atoms with Crippen LogP contribution in [-0.4, -0.2) is 12.0 Å². The molecule has 0 amide bonds. The summed E-state index contributed by atoms with van der Waals surface area (Å²) in [6, 6.07) is 12.8. The Bertz CT molecular complexity index is 581. The SMILES string of the molecule is CSc1ccc(C(=O)c2ccc(N)c(Br)c2)cc1. The van der Waals surface area contributed by atoms with Crippen molar-refractivity contribution in [1.29, 1.82) is 0 Å². The van der Waals surface area contributed by atoms with Crippen LogP contribution >= 0.6 is 27.7 Å². The van der Waals surface area contributed by atoms with E-state index in [0.717, 1.165) is 9.37 Å². The highest BCUT2D eigenvalue weighted by Crippen LogP contribution is 2.23. The predicted octanol–water partition coefficient (Wildman–Crippen LogP) is 3.98. The zero-order valence-electron chi connectivity index (χ0n) is 9.81. The fourth-order valence-corrected chi connectivity index (χ4v) is 2.36. The highest BCUT2D eigenvalue weighted by Gasteiger charge is 2.10. The van der Waals surface area contributed by atoms with E-state index < -0.39 is 0 Å². The summed E-state index contributed by atoms with van der Waals surface area (Å²) in [5.74, 6) is 0.00310. The van der Waals surface area contributed by atoms with Crippen molar-refractivity contribution in [3.05, 3.63) is 58.1 Å². The van der Waals surface area contributed by atoms with Crippen molar-refractivity contribution in [3.8, 4) is 0 Å². The molecule has 2 N–H and O–H groups in total. The summed E-state index contributed by atoms with van der Waals surface area (Å²) in [5, 5.41) is 0. The van der Waals surface area contributed by atoms with E-state index in [9.17, 15) is 4.79 Å². The van der Waals surface area contributed by atoms with E-state index in [1.54, 1.807) is 30.0 Å². The number of nitrogen functional groups attached to an aromatic ring is 1. The van der Waals surface area contributed by atoms with E-state index in [0.29, 0.717) is 16.8 Å². The molecular formula is C14H12BrNOS. The van der Waals surface area contributed by atoms with Gasteiger partial charge in [-0.15, -0.1) is 11.8 Å². The predicted molar refractivity (Wildman–Crippen MR) is 80.2 cm³/mol. The first-order chi connectivity index (χ1) is 8.61. The lowest BCUT2D eigenvalue weighted by Gasteiger charge is -2.04. The quantitative estimate of drug-likeness (QED) is 0.528. The largest absolute Gasteiger partial charge is 0.398 e. The first-order valence-electron chi connectivity index (χ1n) is 5.35. The molecule has 0 saturated carbocycles. The zero-order chi connectivity index (χ0) is 13.1. The summed E-state index contributed by atoms with van der Waals surface area (Å²) in [4.78, 5) is 13.4. The van der Waals surface area contributed by atoms with Crippen molar-refractivity contribution in [2.75, 3.05) is 12.0 Å². The Kier molecular flexibility index (Phi) is 4.09. The van der Waals surface area contributed by atoms with Crippen LogP contribution in [-0.2, 0) is 0 Å². The van der Waals surface area contributed by atoms with Crippen LogP contribution in [0, 0.1) is 0 Å². The van der Waals surface area contributed by atoms with Gasteiger partial charge in [-0.3, -0.25) is 4.79 Å². The normalized spacial score (nSPS) is 10.3. The Hall–Kier alpha value is -1.26. The topological polar surface area (TPSA) is 43.1 Å². The lowest BCUT2D eigenvalue weighted by Crippen LogP contribution is -2.01. The second-order valence-electron chi connectivity index (χ2n) is 3.79. The molecule has 2 aromatic carbocycles. The van der Waals surface area contributed by atoms with Crippen LogP contribution < -0.4 is 5.73 Å². The highest BCUT2D eigenvalue weighted by molar-refractivity contribution is 9.10. The van der Waals surface area contributed by atoms with Gasteiger partial charge in [-0.25, -0.2) is 0 Å². The molecule has 0 bridgehead atoms. The second kappa shape index (κ2) is 5.59. The third-order valence-electron chi connectivity index (χ3n) is 2.61. The maximum absolute atomic E-state index is 12.2. The van der Waals surface area contributed by atoms with E-state index in [4.69, 9.17) is 5.73 Å². The molecule has 0 atom stereocenters. The summed E-state index contributed by atoms with van der Waals surface area (Å²) in [6.07, 6.45) is 2.01. The lowest BCUT2D eigenvalue weighted by molar-refractivity contribution is 0.103. The number of hydrogen-bond donors (Lipinski definition) is 1. The van der Waals surface area contributed by atoms with Crippen LogP contribution in [0.2, 0.25) is 0 Å². The van der Waals surface area contributed by atoms with Gasteiger partial charge in [0.15, 0.2) is 5.78 Å². The Morgan fingerprint density at radius 3 is 2.28 bits per heavy atom. The van der Waals surface area contributed by atoms with Gasteiger partial charge in [-0.2, -0.15) is 0 Å². The minimum absolute atomic E-state index is 0.00310. The number of thioether (sulfide) groups is 1. The maximum Gasteiger partial charge on any atom is 0.193 e. The van der Waals surface area contributed by atoms with Gasteiger partial charge in [0.05, 0.1) is 0 Å². The first kappa shape index (κ1) is 13.2. The molecule has 2 aromatic rings. The van der Waals surface area contributed by atoms with Gasteiger partial charge in [0, 0.05) is 26.2 Å². The van der Waals surface area contributed by atoms with Crippen LogP contribution in [0.15, 0.2) is 51.8 Å². The van der Waals surface area contributed by atoms with Crippen LogP contribution in [0.5, 0.6) is 0 Å². The minimum atomic E-state index is 0.00310. The molecule has 2 rings (SSSR count). The first-order valence-corrected chi connectivity index (χ1v) is 7.37. The molecule has 0 aliphatic rings. The fraction of sp³-hybridized carbons (Fsp3) is 0.0714. The molecule has 92 valence electrons. The van der Waals surface area contributed by atoms with Crippen LogP contribution in [0.4, 0.5) is 5.69 Å². The van der Waals surface area contributed by atoms with Crippen molar-refractivity contribution >= 4 is 39.2 Å². The van der Waals surface area contributed by atoms with Crippen molar-refractivity contribution in [3.63, 3.8) is 0 Å². The van der Waals surface area contributed by atoms with E-state index in [1.165, 1.54) is 0 Å². The van der Waals surface area contributed by atoms with Gasteiger partial charge >= 0.3 is 0 Å². The summed E-state index contributed by atoms with van der Waals surface area (Å²) in [7, 11) is 0. The number of ketones is 1. The van der Waals surface area contributed by atoms with Crippen molar-refractivity contribution < 1.29 is 4.79 Å². The van der Waals surface area contributed by atoms with Gasteiger partial charge in [0.1, 0.15) is 0 Å². The smallest absolute Gasteiger partial charge is 0.193 e. The van der Waals surface area contributed by atoms with Crippen LogP contribution in [0.3, 0.4) is 0 Å². The van der Waals surface area contributed by atoms with Crippen molar-refractivity contribution in [2.24, 2.45) is 0 Å². The van der Waals surface area contributed by atoms with Gasteiger partial charge < -0.3 is 5.73 Å². The number of nitrogens with two attached hydrogens (primary N) is 1. The molecule has 18 heavy (non-hydrogen) atoms. The van der Waals surface area contributed by atoms with E-state index in [1.807, 2.05) is 30.5 Å². The average molecular weight is 322 g/mol.